The van der Waals surface area contributed by atoms with E-state index < -0.39 is 10.0 Å². The van der Waals surface area contributed by atoms with Crippen molar-refractivity contribution in [3.8, 4) is 0 Å². The molecule has 0 aliphatic heterocycles. The van der Waals surface area contributed by atoms with Crippen LogP contribution in [0.5, 0.6) is 0 Å². The SMILES string of the molecule is Cc1cc(CN)cc(S(=O)(=O)NC(C2CC2)C2CC2)c1C. The first-order valence-electron chi connectivity index (χ1n) is 7.75. The van der Waals surface area contributed by atoms with Gasteiger partial charge in [-0.15, -0.1) is 0 Å². The van der Waals surface area contributed by atoms with Crippen LogP contribution in [0.3, 0.4) is 0 Å². The van der Waals surface area contributed by atoms with Gasteiger partial charge >= 0.3 is 0 Å². The van der Waals surface area contributed by atoms with Crippen LogP contribution in [-0.4, -0.2) is 14.5 Å². The Hall–Kier alpha value is -0.910. The van der Waals surface area contributed by atoms with Crippen LogP contribution >= 0.6 is 0 Å². The molecule has 0 amide bonds. The molecule has 0 radical (unpaired) electrons. The van der Waals surface area contributed by atoms with Gasteiger partial charge in [0.1, 0.15) is 0 Å². The minimum atomic E-state index is -3.46. The van der Waals surface area contributed by atoms with Gasteiger partial charge in [0.05, 0.1) is 4.90 Å². The second-order valence-corrected chi connectivity index (χ2v) is 8.24. The van der Waals surface area contributed by atoms with Gasteiger partial charge in [-0.25, -0.2) is 13.1 Å². The van der Waals surface area contributed by atoms with E-state index in [0.29, 0.717) is 23.3 Å². The van der Waals surface area contributed by atoms with Crippen LogP contribution in [0.4, 0.5) is 0 Å². The van der Waals surface area contributed by atoms with E-state index in [0.717, 1.165) is 42.4 Å². The maximum absolute atomic E-state index is 12.8. The minimum Gasteiger partial charge on any atom is -0.326 e. The van der Waals surface area contributed by atoms with Gasteiger partial charge in [-0.3, -0.25) is 0 Å². The Kier molecular flexibility index (Phi) is 3.84. The number of aryl methyl sites for hydroxylation is 1. The third kappa shape index (κ3) is 3.15. The summed E-state index contributed by atoms with van der Waals surface area (Å²) in [5.41, 5.74) is 8.36. The Labute approximate surface area is 127 Å². The molecule has 0 unspecified atom stereocenters. The highest BCUT2D eigenvalue weighted by atomic mass is 32.2. The third-order valence-electron chi connectivity index (χ3n) is 4.76. The fraction of sp³-hybridized carbons (Fsp3) is 0.625. The molecule has 21 heavy (non-hydrogen) atoms. The van der Waals surface area contributed by atoms with Gasteiger partial charge < -0.3 is 5.73 Å². The monoisotopic (exact) mass is 308 g/mol. The molecule has 5 heteroatoms. The summed E-state index contributed by atoms with van der Waals surface area (Å²) >= 11 is 0. The van der Waals surface area contributed by atoms with Gasteiger partial charge in [-0.05, 0) is 74.1 Å². The number of hydrogen-bond donors (Lipinski definition) is 2. The zero-order valence-corrected chi connectivity index (χ0v) is 13.5. The summed E-state index contributed by atoms with van der Waals surface area (Å²) in [6.07, 6.45) is 4.63. The van der Waals surface area contributed by atoms with Crippen LogP contribution in [0.15, 0.2) is 17.0 Å². The van der Waals surface area contributed by atoms with Gasteiger partial charge in [0.15, 0.2) is 0 Å². The van der Waals surface area contributed by atoms with Gasteiger partial charge in [0, 0.05) is 12.6 Å². The predicted octanol–water partition coefficient (Wildman–Crippen LogP) is 2.23. The van der Waals surface area contributed by atoms with Crippen molar-refractivity contribution in [2.24, 2.45) is 17.6 Å². The van der Waals surface area contributed by atoms with Crippen molar-refractivity contribution in [1.29, 1.82) is 0 Å². The predicted molar refractivity (Wildman–Crippen MR) is 83.4 cm³/mol. The lowest BCUT2D eigenvalue weighted by atomic mass is 10.1. The van der Waals surface area contributed by atoms with Crippen molar-refractivity contribution in [1.82, 2.24) is 4.72 Å². The molecule has 3 rings (SSSR count). The molecule has 2 aliphatic rings. The molecule has 4 nitrogen and oxygen atoms in total. The van der Waals surface area contributed by atoms with Crippen LogP contribution in [-0.2, 0) is 16.6 Å². The molecule has 0 heterocycles. The van der Waals surface area contributed by atoms with E-state index in [4.69, 9.17) is 5.73 Å². The normalized spacial score (nSPS) is 19.2. The third-order valence-corrected chi connectivity index (χ3v) is 6.34. The van der Waals surface area contributed by atoms with E-state index in [1.807, 2.05) is 19.9 Å². The Morgan fingerprint density at radius 1 is 1.19 bits per heavy atom. The van der Waals surface area contributed by atoms with E-state index in [9.17, 15) is 8.42 Å². The maximum atomic E-state index is 12.8. The molecule has 1 aromatic rings. The number of nitrogens with one attached hydrogen (secondary N) is 1. The summed E-state index contributed by atoms with van der Waals surface area (Å²) in [7, 11) is -3.46. The number of rotatable bonds is 6. The lowest BCUT2D eigenvalue weighted by Gasteiger charge is -2.20. The van der Waals surface area contributed by atoms with E-state index in [1.54, 1.807) is 6.07 Å². The van der Waals surface area contributed by atoms with Crippen molar-refractivity contribution in [3.05, 3.63) is 28.8 Å². The average molecular weight is 308 g/mol. The second kappa shape index (κ2) is 5.38. The van der Waals surface area contributed by atoms with Crippen LogP contribution in [0.1, 0.15) is 42.4 Å². The molecule has 3 N–H and O–H groups in total. The first kappa shape index (κ1) is 15.0. The van der Waals surface area contributed by atoms with Gasteiger partial charge in [-0.2, -0.15) is 0 Å². The summed E-state index contributed by atoms with van der Waals surface area (Å²) in [6.45, 7) is 4.17. The Bertz CT molecular complexity index is 634. The maximum Gasteiger partial charge on any atom is 0.241 e. The Morgan fingerprint density at radius 3 is 2.24 bits per heavy atom. The lowest BCUT2D eigenvalue weighted by Crippen LogP contribution is -2.38. The lowest BCUT2D eigenvalue weighted by molar-refractivity contribution is 0.471. The van der Waals surface area contributed by atoms with E-state index in [2.05, 4.69) is 4.72 Å². The van der Waals surface area contributed by atoms with Crippen molar-refractivity contribution >= 4 is 10.0 Å². The number of sulfonamides is 1. The second-order valence-electron chi connectivity index (χ2n) is 6.56. The Morgan fingerprint density at radius 2 is 1.76 bits per heavy atom. The molecule has 116 valence electrons. The van der Waals surface area contributed by atoms with E-state index in [1.165, 1.54) is 0 Å². The molecule has 1 aromatic carbocycles. The molecule has 2 fully saturated rings. The zero-order chi connectivity index (χ0) is 15.2. The number of benzene rings is 1. The molecule has 0 bridgehead atoms. The van der Waals surface area contributed by atoms with Crippen molar-refractivity contribution in [2.75, 3.05) is 0 Å². The van der Waals surface area contributed by atoms with E-state index in [-0.39, 0.29) is 6.04 Å². The fourth-order valence-corrected chi connectivity index (χ4v) is 4.77. The molecule has 0 aromatic heterocycles. The first-order valence-corrected chi connectivity index (χ1v) is 9.23. The van der Waals surface area contributed by atoms with Crippen LogP contribution < -0.4 is 10.5 Å². The van der Waals surface area contributed by atoms with Gasteiger partial charge in [-0.1, -0.05) is 6.07 Å². The first-order chi connectivity index (χ1) is 9.92. The summed E-state index contributed by atoms with van der Waals surface area (Å²) in [6, 6.07) is 3.83. The van der Waals surface area contributed by atoms with Gasteiger partial charge in [0.2, 0.25) is 10.0 Å². The molecule has 0 atom stereocenters. The largest absolute Gasteiger partial charge is 0.326 e. The fourth-order valence-electron chi connectivity index (χ4n) is 3.03. The topological polar surface area (TPSA) is 72.2 Å². The van der Waals surface area contributed by atoms with Crippen molar-refractivity contribution in [2.45, 2.75) is 57.0 Å². The van der Waals surface area contributed by atoms with Gasteiger partial charge in [0.25, 0.3) is 0 Å². The minimum absolute atomic E-state index is 0.135. The van der Waals surface area contributed by atoms with Crippen molar-refractivity contribution in [3.63, 3.8) is 0 Å². The summed E-state index contributed by atoms with van der Waals surface area (Å²) in [5.74, 6) is 1.10. The molecule has 2 aliphatic carbocycles. The molecular formula is C16H24N2O2S. The number of hydrogen-bond acceptors (Lipinski definition) is 3. The smallest absolute Gasteiger partial charge is 0.241 e. The molecule has 0 spiro atoms. The quantitative estimate of drug-likeness (QED) is 0.846. The zero-order valence-electron chi connectivity index (χ0n) is 12.7. The highest BCUT2D eigenvalue weighted by Gasteiger charge is 2.43. The summed E-state index contributed by atoms with van der Waals surface area (Å²) in [5, 5.41) is 0. The molecule has 0 saturated heterocycles. The Balaban J connectivity index is 1.92. The van der Waals surface area contributed by atoms with Crippen molar-refractivity contribution < 1.29 is 8.42 Å². The average Bonchev–Trinajstić information content (AvgIpc) is 3.30. The van der Waals surface area contributed by atoms with Crippen LogP contribution in [0.25, 0.3) is 0 Å². The molecular weight excluding hydrogens is 284 g/mol. The summed E-state index contributed by atoms with van der Waals surface area (Å²) in [4.78, 5) is 0.397. The van der Waals surface area contributed by atoms with Crippen LogP contribution in [0, 0.1) is 25.7 Å². The highest BCUT2D eigenvalue weighted by Crippen LogP contribution is 2.45. The molecule has 2 saturated carbocycles. The summed E-state index contributed by atoms with van der Waals surface area (Å²) < 4.78 is 28.6. The van der Waals surface area contributed by atoms with E-state index >= 15 is 0 Å². The highest BCUT2D eigenvalue weighted by molar-refractivity contribution is 7.89. The number of nitrogens with two attached hydrogens (primary N) is 1. The standard InChI is InChI=1S/C16H24N2O2S/c1-10-7-12(9-17)8-15(11(10)2)21(19,20)18-16(13-3-4-13)14-5-6-14/h7-8,13-14,16,18H,3-6,9,17H2,1-2H3. The van der Waals surface area contributed by atoms with Crippen LogP contribution in [0.2, 0.25) is 0 Å².